The van der Waals surface area contributed by atoms with Crippen molar-refractivity contribution >= 4 is 6.09 Å². The van der Waals surface area contributed by atoms with Crippen molar-refractivity contribution in [3.8, 4) is 0 Å². The number of ether oxygens (including phenoxy) is 2. The van der Waals surface area contributed by atoms with Gasteiger partial charge in [-0.15, -0.1) is 0 Å². The third-order valence-electron chi connectivity index (χ3n) is 2.61. The second-order valence-electron chi connectivity index (χ2n) is 5.44. The van der Waals surface area contributed by atoms with E-state index in [9.17, 15) is 4.79 Å². The number of hydrogen-bond donors (Lipinski definition) is 0. The average Bonchev–Trinajstić information content (AvgIpc) is 2.74. The molecule has 2 saturated heterocycles. The van der Waals surface area contributed by atoms with Crippen LogP contribution in [0, 0.1) is 5.92 Å². The molecule has 0 bridgehead atoms. The summed E-state index contributed by atoms with van der Waals surface area (Å²) >= 11 is 0. The molecular formula is C11H19NO3. The Morgan fingerprint density at radius 1 is 1.47 bits per heavy atom. The van der Waals surface area contributed by atoms with E-state index in [-0.39, 0.29) is 11.7 Å². The maximum absolute atomic E-state index is 11.6. The van der Waals surface area contributed by atoms with Crippen LogP contribution in [-0.4, -0.2) is 42.4 Å². The third kappa shape index (κ3) is 3.09. The summed E-state index contributed by atoms with van der Waals surface area (Å²) in [7, 11) is 0. The van der Waals surface area contributed by atoms with Gasteiger partial charge < -0.3 is 14.4 Å². The molecule has 2 aliphatic rings. The van der Waals surface area contributed by atoms with Gasteiger partial charge in [-0.3, -0.25) is 0 Å². The molecule has 1 amide bonds. The predicted octanol–water partition coefficient (Wildman–Crippen LogP) is 1.64. The molecule has 2 rings (SSSR count). The van der Waals surface area contributed by atoms with Gasteiger partial charge in [-0.1, -0.05) is 0 Å². The number of nitrogens with zero attached hydrogens (tertiary/aromatic N) is 1. The number of carbonyl (C=O) groups excluding carboxylic acids is 1. The van der Waals surface area contributed by atoms with Crippen molar-refractivity contribution in [3.05, 3.63) is 0 Å². The molecule has 1 atom stereocenters. The summed E-state index contributed by atoms with van der Waals surface area (Å²) in [6.07, 6.45) is 1.38. The van der Waals surface area contributed by atoms with Crippen LogP contribution in [0.4, 0.5) is 4.79 Å². The Morgan fingerprint density at radius 3 is 2.53 bits per heavy atom. The van der Waals surface area contributed by atoms with Crippen LogP contribution in [0.1, 0.15) is 27.2 Å². The maximum atomic E-state index is 11.6. The first-order valence-corrected chi connectivity index (χ1v) is 5.53. The molecule has 4 heteroatoms. The van der Waals surface area contributed by atoms with Crippen molar-refractivity contribution in [2.45, 2.75) is 38.9 Å². The number of hydrogen-bond acceptors (Lipinski definition) is 3. The lowest BCUT2D eigenvalue weighted by Gasteiger charge is -2.39. The molecule has 2 aliphatic heterocycles. The SMILES string of the molecule is CC(C)(C)OC(=O)N1CC(CC2CO2)C1. The lowest BCUT2D eigenvalue weighted by molar-refractivity contribution is -0.00310. The van der Waals surface area contributed by atoms with Crippen molar-refractivity contribution in [2.24, 2.45) is 5.92 Å². The molecule has 0 radical (unpaired) electrons. The quantitative estimate of drug-likeness (QED) is 0.655. The Balaban J connectivity index is 1.66. The normalized spacial score (nSPS) is 26.1. The van der Waals surface area contributed by atoms with E-state index in [1.165, 1.54) is 0 Å². The zero-order valence-electron chi connectivity index (χ0n) is 9.66. The van der Waals surface area contributed by atoms with Gasteiger partial charge in [0.05, 0.1) is 12.7 Å². The van der Waals surface area contributed by atoms with Gasteiger partial charge in [-0.25, -0.2) is 4.79 Å². The first kappa shape index (κ1) is 10.7. The number of amides is 1. The number of likely N-dealkylation sites (tertiary alicyclic amines) is 1. The molecule has 0 N–H and O–H groups in total. The Labute approximate surface area is 90.5 Å². The summed E-state index contributed by atoms with van der Waals surface area (Å²) in [5, 5.41) is 0. The summed E-state index contributed by atoms with van der Waals surface area (Å²) < 4.78 is 10.4. The van der Waals surface area contributed by atoms with Gasteiger partial charge in [0, 0.05) is 13.1 Å². The summed E-state index contributed by atoms with van der Waals surface area (Å²) in [6, 6.07) is 0. The van der Waals surface area contributed by atoms with Crippen LogP contribution in [0.5, 0.6) is 0 Å². The van der Waals surface area contributed by atoms with Crippen molar-refractivity contribution < 1.29 is 14.3 Å². The summed E-state index contributed by atoms with van der Waals surface area (Å²) in [6.45, 7) is 8.23. The van der Waals surface area contributed by atoms with Crippen LogP contribution in [0.15, 0.2) is 0 Å². The maximum Gasteiger partial charge on any atom is 0.410 e. The van der Waals surface area contributed by atoms with E-state index < -0.39 is 0 Å². The minimum atomic E-state index is -0.387. The minimum absolute atomic E-state index is 0.185. The molecule has 0 saturated carbocycles. The molecule has 0 aromatic rings. The monoisotopic (exact) mass is 213 g/mol. The summed E-state index contributed by atoms with van der Waals surface area (Å²) in [4.78, 5) is 13.3. The summed E-state index contributed by atoms with van der Waals surface area (Å²) in [5.74, 6) is 0.616. The molecule has 86 valence electrons. The van der Waals surface area contributed by atoms with Crippen LogP contribution < -0.4 is 0 Å². The molecule has 4 nitrogen and oxygen atoms in total. The van der Waals surface area contributed by atoms with Gasteiger partial charge >= 0.3 is 6.09 Å². The molecule has 0 aromatic carbocycles. The Hall–Kier alpha value is -0.770. The van der Waals surface area contributed by atoms with Gasteiger partial charge in [-0.2, -0.15) is 0 Å². The highest BCUT2D eigenvalue weighted by molar-refractivity contribution is 5.69. The van der Waals surface area contributed by atoms with Gasteiger partial charge in [0.1, 0.15) is 5.60 Å². The van der Waals surface area contributed by atoms with Crippen molar-refractivity contribution in [2.75, 3.05) is 19.7 Å². The largest absolute Gasteiger partial charge is 0.444 e. The predicted molar refractivity (Wildman–Crippen MR) is 55.7 cm³/mol. The number of carbonyl (C=O) groups is 1. The topological polar surface area (TPSA) is 42.1 Å². The van der Waals surface area contributed by atoms with E-state index in [1.54, 1.807) is 4.90 Å². The minimum Gasteiger partial charge on any atom is -0.444 e. The van der Waals surface area contributed by atoms with E-state index in [0.717, 1.165) is 26.1 Å². The van der Waals surface area contributed by atoms with Crippen LogP contribution in [0.25, 0.3) is 0 Å². The van der Waals surface area contributed by atoms with Crippen LogP contribution in [0.3, 0.4) is 0 Å². The highest BCUT2D eigenvalue weighted by atomic mass is 16.6. The Bertz CT molecular complexity index is 249. The van der Waals surface area contributed by atoms with Crippen LogP contribution >= 0.6 is 0 Å². The number of epoxide rings is 1. The van der Waals surface area contributed by atoms with Gasteiger partial charge in [0.25, 0.3) is 0 Å². The zero-order valence-corrected chi connectivity index (χ0v) is 9.66. The van der Waals surface area contributed by atoms with Gasteiger partial charge in [-0.05, 0) is 33.1 Å². The highest BCUT2D eigenvalue weighted by Crippen LogP contribution is 2.27. The molecule has 2 heterocycles. The summed E-state index contributed by atoms with van der Waals surface area (Å²) in [5.41, 5.74) is -0.387. The molecule has 15 heavy (non-hydrogen) atoms. The fourth-order valence-electron chi connectivity index (χ4n) is 1.77. The first-order chi connectivity index (χ1) is 6.94. The highest BCUT2D eigenvalue weighted by Gasteiger charge is 2.37. The fraction of sp³-hybridized carbons (Fsp3) is 0.909. The Morgan fingerprint density at radius 2 is 2.07 bits per heavy atom. The first-order valence-electron chi connectivity index (χ1n) is 5.53. The number of rotatable bonds is 2. The van der Waals surface area contributed by atoms with Crippen LogP contribution in [-0.2, 0) is 9.47 Å². The van der Waals surface area contributed by atoms with E-state index in [0.29, 0.717) is 12.0 Å². The lowest BCUT2D eigenvalue weighted by atomic mass is 9.95. The molecule has 0 aromatic heterocycles. The van der Waals surface area contributed by atoms with Crippen molar-refractivity contribution in [3.63, 3.8) is 0 Å². The molecule has 0 spiro atoms. The fourth-order valence-corrected chi connectivity index (χ4v) is 1.77. The second kappa shape index (κ2) is 3.67. The molecule has 0 aliphatic carbocycles. The zero-order chi connectivity index (χ0) is 11.1. The van der Waals surface area contributed by atoms with Crippen molar-refractivity contribution in [1.82, 2.24) is 4.90 Å². The molecule has 1 unspecified atom stereocenters. The van der Waals surface area contributed by atoms with Crippen LogP contribution in [0.2, 0.25) is 0 Å². The van der Waals surface area contributed by atoms with E-state index >= 15 is 0 Å². The average molecular weight is 213 g/mol. The standard InChI is InChI=1S/C11H19NO3/c1-11(2,3)15-10(13)12-5-8(6-12)4-9-7-14-9/h8-9H,4-7H2,1-3H3. The Kier molecular flexibility index (Phi) is 2.63. The van der Waals surface area contributed by atoms with E-state index in [1.807, 2.05) is 20.8 Å². The molecular weight excluding hydrogens is 194 g/mol. The smallest absolute Gasteiger partial charge is 0.410 e. The van der Waals surface area contributed by atoms with Gasteiger partial charge in [0.15, 0.2) is 0 Å². The van der Waals surface area contributed by atoms with E-state index in [4.69, 9.17) is 9.47 Å². The third-order valence-corrected chi connectivity index (χ3v) is 2.61. The van der Waals surface area contributed by atoms with E-state index in [2.05, 4.69) is 0 Å². The second-order valence-corrected chi connectivity index (χ2v) is 5.44. The molecule has 2 fully saturated rings. The lowest BCUT2D eigenvalue weighted by Crippen LogP contribution is -2.51. The van der Waals surface area contributed by atoms with Gasteiger partial charge in [0.2, 0.25) is 0 Å². The van der Waals surface area contributed by atoms with Crippen molar-refractivity contribution in [1.29, 1.82) is 0 Å².